The molecule has 132 valence electrons. The number of amides is 1. The van der Waals surface area contributed by atoms with Gasteiger partial charge in [0.25, 0.3) is 0 Å². The van der Waals surface area contributed by atoms with Gasteiger partial charge in [0.05, 0.1) is 17.4 Å². The zero-order chi connectivity index (χ0) is 17.7. The van der Waals surface area contributed by atoms with E-state index in [1.54, 1.807) is 6.07 Å². The van der Waals surface area contributed by atoms with Gasteiger partial charge in [0.1, 0.15) is 5.75 Å². The van der Waals surface area contributed by atoms with Crippen LogP contribution >= 0.6 is 0 Å². The highest BCUT2D eigenvalue weighted by molar-refractivity contribution is 5.96. The molecule has 0 aromatic heterocycles. The van der Waals surface area contributed by atoms with E-state index in [0.29, 0.717) is 24.7 Å². The van der Waals surface area contributed by atoms with E-state index >= 15 is 0 Å². The quantitative estimate of drug-likeness (QED) is 0.834. The van der Waals surface area contributed by atoms with Crippen molar-refractivity contribution in [1.29, 1.82) is 0 Å². The van der Waals surface area contributed by atoms with Crippen molar-refractivity contribution in [2.45, 2.75) is 39.7 Å². The van der Waals surface area contributed by atoms with Gasteiger partial charge in [-0.3, -0.25) is 4.79 Å². The monoisotopic (exact) mass is 335 g/mol. The average molecular weight is 335 g/mol. The summed E-state index contributed by atoms with van der Waals surface area (Å²) in [7, 11) is 0. The van der Waals surface area contributed by atoms with E-state index in [9.17, 15) is 9.59 Å². The molecule has 1 aliphatic rings. The number of rotatable bonds is 6. The minimum atomic E-state index is -1.04. The van der Waals surface area contributed by atoms with Crippen molar-refractivity contribution in [2.24, 2.45) is 11.8 Å². The first-order valence-corrected chi connectivity index (χ1v) is 8.31. The Balaban J connectivity index is 2.17. The Hall–Kier alpha value is -2.08. The van der Waals surface area contributed by atoms with Gasteiger partial charge in [-0.1, -0.05) is 6.92 Å². The molecule has 6 heteroatoms. The molecule has 2 rings (SSSR count). The second kappa shape index (κ2) is 8.15. The van der Waals surface area contributed by atoms with Crippen molar-refractivity contribution >= 4 is 17.6 Å². The van der Waals surface area contributed by atoms with Crippen molar-refractivity contribution in [1.82, 2.24) is 0 Å². The summed E-state index contributed by atoms with van der Waals surface area (Å²) in [4.78, 5) is 23.8. The van der Waals surface area contributed by atoms with Gasteiger partial charge < -0.3 is 19.9 Å². The van der Waals surface area contributed by atoms with Gasteiger partial charge in [0, 0.05) is 19.1 Å². The van der Waals surface area contributed by atoms with Crippen LogP contribution in [0.4, 0.5) is 5.69 Å². The van der Waals surface area contributed by atoms with Crippen LogP contribution in [0.25, 0.3) is 0 Å². The Bertz CT molecular complexity index is 593. The standard InChI is InChI=1S/C18H25NO5/c1-11(2)24-16-5-4-14(18(21)22)10-15(16)19-17(20)12(3)13-6-8-23-9-7-13/h4-5,10-13H,6-9H2,1-3H3,(H,19,20)(H,21,22)/t12-/m0/s1. The summed E-state index contributed by atoms with van der Waals surface area (Å²) in [6.45, 7) is 7.01. The topological polar surface area (TPSA) is 84.9 Å². The molecule has 0 saturated carbocycles. The highest BCUT2D eigenvalue weighted by atomic mass is 16.5. The van der Waals surface area contributed by atoms with Crippen LogP contribution in [0.1, 0.15) is 44.0 Å². The molecule has 24 heavy (non-hydrogen) atoms. The lowest BCUT2D eigenvalue weighted by Gasteiger charge is -2.27. The van der Waals surface area contributed by atoms with E-state index in [1.807, 2.05) is 20.8 Å². The SMILES string of the molecule is CC(C)Oc1ccc(C(=O)O)cc1NC(=O)[C@@H](C)C1CCOCC1. The third-order valence-corrected chi connectivity index (χ3v) is 4.23. The number of carbonyl (C=O) groups is 2. The minimum absolute atomic E-state index is 0.0794. The molecule has 1 aromatic rings. The smallest absolute Gasteiger partial charge is 0.335 e. The van der Waals surface area contributed by atoms with Gasteiger partial charge >= 0.3 is 5.97 Å². The largest absolute Gasteiger partial charge is 0.489 e. The van der Waals surface area contributed by atoms with E-state index in [2.05, 4.69) is 5.32 Å². The molecular weight excluding hydrogens is 310 g/mol. The summed E-state index contributed by atoms with van der Waals surface area (Å²) in [6.07, 6.45) is 1.64. The average Bonchev–Trinajstić information content (AvgIpc) is 2.55. The lowest BCUT2D eigenvalue weighted by atomic mass is 9.86. The number of benzene rings is 1. The highest BCUT2D eigenvalue weighted by Crippen LogP contribution is 2.30. The number of aromatic carboxylic acids is 1. The van der Waals surface area contributed by atoms with Crippen LogP contribution in [-0.2, 0) is 9.53 Å². The van der Waals surface area contributed by atoms with E-state index in [0.717, 1.165) is 12.8 Å². The van der Waals surface area contributed by atoms with E-state index < -0.39 is 5.97 Å². The Labute approximate surface area is 142 Å². The third-order valence-electron chi connectivity index (χ3n) is 4.23. The molecule has 1 atom stereocenters. The number of carboxylic acids is 1. The first kappa shape index (κ1) is 18.3. The summed E-state index contributed by atoms with van der Waals surface area (Å²) in [5.74, 6) is -0.593. The second-order valence-corrected chi connectivity index (χ2v) is 6.41. The van der Waals surface area contributed by atoms with Crippen molar-refractivity contribution in [3.63, 3.8) is 0 Å². The summed E-state index contributed by atoms with van der Waals surface area (Å²) in [6, 6.07) is 4.49. The van der Waals surface area contributed by atoms with Crippen molar-refractivity contribution in [3.05, 3.63) is 23.8 Å². The molecule has 1 amide bonds. The first-order chi connectivity index (χ1) is 11.4. The molecule has 0 bridgehead atoms. The van der Waals surface area contributed by atoms with Crippen molar-refractivity contribution in [3.8, 4) is 5.75 Å². The zero-order valence-corrected chi connectivity index (χ0v) is 14.4. The van der Waals surface area contributed by atoms with Gasteiger partial charge in [-0.05, 0) is 50.8 Å². The Morgan fingerprint density at radius 2 is 1.92 bits per heavy atom. The van der Waals surface area contributed by atoms with E-state index in [-0.39, 0.29) is 29.4 Å². The minimum Gasteiger partial charge on any atom is -0.489 e. The number of hydrogen-bond donors (Lipinski definition) is 2. The third kappa shape index (κ3) is 4.71. The number of carboxylic acid groups (broad SMARTS) is 1. The molecule has 2 N–H and O–H groups in total. The number of anilines is 1. The number of nitrogens with one attached hydrogen (secondary N) is 1. The van der Waals surface area contributed by atoms with Crippen molar-refractivity contribution < 1.29 is 24.2 Å². The molecule has 0 spiro atoms. The highest BCUT2D eigenvalue weighted by Gasteiger charge is 2.26. The molecule has 1 heterocycles. The van der Waals surface area contributed by atoms with Crippen molar-refractivity contribution in [2.75, 3.05) is 18.5 Å². The molecule has 0 radical (unpaired) electrons. The number of hydrogen-bond acceptors (Lipinski definition) is 4. The first-order valence-electron chi connectivity index (χ1n) is 8.31. The summed E-state index contributed by atoms with van der Waals surface area (Å²) >= 11 is 0. The molecule has 6 nitrogen and oxygen atoms in total. The molecular formula is C18H25NO5. The molecule has 1 fully saturated rings. The Morgan fingerprint density at radius 1 is 1.25 bits per heavy atom. The van der Waals surface area contributed by atoms with Crippen LogP contribution in [-0.4, -0.2) is 36.3 Å². The van der Waals surface area contributed by atoms with Gasteiger partial charge in [0.2, 0.25) is 5.91 Å². The maximum Gasteiger partial charge on any atom is 0.335 e. The van der Waals surface area contributed by atoms with Crippen LogP contribution in [0.15, 0.2) is 18.2 Å². The fourth-order valence-corrected chi connectivity index (χ4v) is 2.79. The zero-order valence-electron chi connectivity index (χ0n) is 14.4. The fourth-order valence-electron chi connectivity index (χ4n) is 2.79. The Morgan fingerprint density at radius 3 is 2.50 bits per heavy atom. The van der Waals surface area contributed by atoms with Crippen LogP contribution < -0.4 is 10.1 Å². The van der Waals surface area contributed by atoms with Crippen LogP contribution in [0.5, 0.6) is 5.75 Å². The lowest BCUT2D eigenvalue weighted by molar-refractivity contribution is -0.122. The summed E-state index contributed by atoms with van der Waals surface area (Å²) in [5, 5.41) is 12.0. The second-order valence-electron chi connectivity index (χ2n) is 6.41. The fraction of sp³-hybridized carbons (Fsp3) is 0.556. The van der Waals surface area contributed by atoms with Gasteiger partial charge in [-0.25, -0.2) is 4.79 Å². The predicted molar refractivity (Wildman–Crippen MR) is 90.5 cm³/mol. The maximum absolute atomic E-state index is 12.6. The van der Waals surface area contributed by atoms with Crippen LogP contribution in [0.2, 0.25) is 0 Å². The van der Waals surface area contributed by atoms with E-state index in [4.69, 9.17) is 14.6 Å². The van der Waals surface area contributed by atoms with Crippen LogP contribution in [0, 0.1) is 11.8 Å². The predicted octanol–water partition coefficient (Wildman–Crippen LogP) is 3.17. The van der Waals surface area contributed by atoms with E-state index in [1.165, 1.54) is 12.1 Å². The van der Waals surface area contributed by atoms with Gasteiger partial charge in [-0.2, -0.15) is 0 Å². The maximum atomic E-state index is 12.6. The number of carbonyl (C=O) groups excluding carboxylic acids is 1. The molecule has 1 saturated heterocycles. The summed E-state index contributed by atoms with van der Waals surface area (Å²) in [5.41, 5.74) is 0.507. The summed E-state index contributed by atoms with van der Waals surface area (Å²) < 4.78 is 11.0. The molecule has 1 aliphatic heterocycles. The molecule has 0 unspecified atom stereocenters. The normalized spacial score (nSPS) is 16.7. The van der Waals surface area contributed by atoms with Crippen LogP contribution in [0.3, 0.4) is 0 Å². The lowest BCUT2D eigenvalue weighted by Crippen LogP contribution is -2.31. The van der Waals surface area contributed by atoms with Gasteiger partial charge in [-0.15, -0.1) is 0 Å². The number of ether oxygens (including phenoxy) is 2. The molecule has 0 aliphatic carbocycles. The Kier molecular flexibility index (Phi) is 6.20. The van der Waals surface area contributed by atoms with Gasteiger partial charge in [0.15, 0.2) is 0 Å². The molecule has 1 aromatic carbocycles.